The van der Waals surface area contributed by atoms with E-state index in [1.54, 1.807) is 37.4 Å². The first kappa shape index (κ1) is 19.6. The molecule has 9 heteroatoms. The Bertz CT molecular complexity index is 1030. The molecule has 150 valence electrons. The molecule has 0 aromatic heterocycles. The predicted octanol–water partition coefficient (Wildman–Crippen LogP) is 3.97. The number of thioether (sulfide) groups is 1. The summed E-state index contributed by atoms with van der Waals surface area (Å²) in [4.78, 5) is 31.2. The van der Waals surface area contributed by atoms with Gasteiger partial charge in [-0.05, 0) is 36.8 Å². The summed E-state index contributed by atoms with van der Waals surface area (Å²) in [6.07, 6.45) is 0.0900. The standard InChI is InChI=1S/C20H18ClN3O4S/c1-11-3-4-12(7-14(11)21)22-19(26)17-9-18(25)24(2)20(29-17)23-13-5-6-15-16(8-13)28-10-27-15/h3-8,17H,9-10H2,1-2H3,(H,22,26). The van der Waals surface area contributed by atoms with E-state index in [-0.39, 0.29) is 25.0 Å². The minimum Gasteiger partial charge on any atom is -0.454 e. The molecular formula is C20H18ClN3O4S. The molecule has 0 spiro atoms. The van der Waals surface area contributed by atoms with Crippen LogP contribution in [0.25, 0.3) is 0 Å². The van der Waals surface area contributed by atoms with Crippen LogP contribution in [-0.4, -0.2) is 41.0 Å². The van der Waals surface area contributed by atoms with Crippen LogP contribution < -0.4 is 14.8 Å². The Morgan fingerprint density at radius 2 is 2.03 bits per heavy atom. The number of rotatable bonds is 3. The van der Waals surface area contributed by atoms with Crippen LogP contribution in [0.15, 0.2) is 41.4 Å². The van der Waals surface area contributed by atoms with Gasteiger partial charge in [0, 0.05) is 30.2 Å². The van der Waals surface area contributed by atoms with Crippen LogP contribution in [0.5, 0.6) is 11.5 Å². The van der Waals surface area contributed by atoms with Crippen molar-refractivity contribution >= 4 is 51.7 Å². The maximum Gasteiger partial charge on any atom is 0.238 e. The average molecular weight is 432 g/mol. The maximum absolute atomic E-state index is 12.7. The van der Waals surface area contributed by atoms with E-state index in [4.69, 9.17) is 21.1 Å². The van der Waals surface area contributed by atoms with E-state index in [9.17, 15) is 9.59 Å². The normalized spacial score (nSPS) is 19.6. The Morgan fingerprint density at radius 3 is 2.83 bits per heavy atom. The van der Waals surface area contributed by atoms with Crippen LogP contribution in [0.1, 0.15) is 12.0 Å². The highest BCUT2D eigenvalue weighted by atomic mass is 35.5. The van der Waals surface area contributed by atoms with Crippen LogP contribution >= 0.6 is 23.4 Å². The minimum absolute atomic E-state index is 0.0900. The maximum atomic E-state index is 12.7. The average Bonchev–Trinajstić information content (AvgIpc) is 3.16. The summed E-state index contributed by atoms with van der Waals surface area (Å²) in [6.45, 7) is 2.06. The number of anilines is 1. The van der Waals surface area contributed by atoms with E-state index in [2.05, 4.69) is 10.3 Å². The number of hydrogen-bond donors (Lipinski definition) is 1. The van der Waals surface area contributed by atoms with Gasteiger partial charge in [-0.3, -0.25) is 14.5 Å². The fraction of sp³-hybridized carbons (Fsp3) is 0.250. The van der Waals surface area contributed by atoms with Crippen molar-refractivity contribution in [2.75, 3.05) is 19.2 Å². The second-order valence-electron chi connectivity index (χ2n) is 6.65. The molecule has 29 heavy (non-hydrogen) atoms. The second-order valence-corrected chi connectivity index (χ2v) is 8.23. The number of amides is 2. The van der Waals surface area contributed by atoms with Gasteiger partial charge >= 0.3 is 0 Å². The SMILES string of the molecule is Cc1ccc(NC(=O)C2CC(=O)N(C)C(=Nc3ccc4c(c3)OCO4)S2)cc1Cl. The minimum atomic E-state index is -0.591. The van der Waals surface area contributed by atoms with Crippen LogP contribution in [0, 0.1) is 6.92 Å². The fourth-order valence-electron chi connectivity index (χ4n) is 2.86. The van der Waals surface area contributed by atoms with Crippen molar-refractivity contribution in [2.24, 2.45) is 4.99 Å². The first-order valence-electron chi connectivity index (χ1n) is 8.89. The summed E-state index contributed by atoms with van der Waals surface area (Å²) in [5.74, 6) is 0.816. The molecule has 1 N–H and O–H groups in total. The number of aryl methyl sites for hydroxylation is 1. The van der Waals surface area contributed by atoms with Gasteiger partial charge < -0.3 is 14.8 Å². The number of halogens is 1. The van der Waals surface area contributed by atoms with E-state index >= 15 is 0 Å². The lowest BCUT2D eigenvalue weighted by atomic mass is 10.2. The van der Waals surface area contributed by atoms with Crippen molar-refractivity contribution in [1.82, 2.24) is 4.90 Å². The number of ether oxygens (including phenoxy) is 2. The third-order valence-electron chi connectivity index (χ3n) is 4.58. The molecule has 4 rings (SSSR count). The number of benzene rings is 2. The fourth-order valence-corrected chi connectivity index (χ4v) is 4.10. The Labute approximate surface area is 177 Å². The zero-order chi connectivity index (χ0) is 20.5. The Hall–Kier alpha value is -2.71. The molecule has 0 aliphatic carbocycles. The van der Waals surface area contributed by atoms with Crippen LogP contribution in [0.3, 0.4) is 0 Å². The molecule has 1 unspecified atom stereocenters. The predicted molar refractivity (Wildman–Crippen MR) is 113 cm³/mol. The molecular weight excluding hydrogens is 414 g/mol. The molecule has 2 aromatic carbocycles. The summed E-state index contributed by atoms with van der Waals surface area (Å²) >= 11 is 7.37. The molecule has 2 aliphatic rings. The van der Waals surface area contributed by atoms with Crippen molar-refractivity contribution in [3.05, 3.63) is 47.0 Å². The number of carbonyl (C=O) groups is 2. The van der Waals surface area contributed by atoms with Crippen LogP contribution in [0.4, 0.5) is 11.4 Å². The molecule has 0 saturated carbocycles. The largest absolute Gasteiger partial charge is 0.454 e. The van der Waals surface area contributed by atoms with Gasteiger partial charge in [0.05, 0.1) is 5.69 Å². The Balaban J connectivity index is 1.52. The third kappa shape index (κ3) is 4.18. The van der Waals surface area contributed by atoms with Crippen molar-refractivity contribution < 1.29 is 19.1 Å². The van der Waals surface area contributed by atoms with Crippen molar-refractivity contribution in [3.63, 3.8) is 0 Å². The van der Waals surface area contributed by atoms with E-state index in [0.29, 0.717) is 33.1 Å². The zero-order valence-electron chi connectivity index (χ0n) is 15.8. The zero-order valence-corrected chi connectivity index (χ0v) is 17.3. The van der Waals surface area contributed by atoms with E-state index < -0.39 is 5.25 Å². The smallest absolute Gasteiger partial charge is 0.238 e. The second kappa shape index (κ2) is 7.96. The third-order valence-corrected chi connectivity index (χ3v) is 6.23. The van der Waals surface area contributed by atoms with Crippen molar-refractivity contribution in [3.8, 4) is 11.5 Å². The Morgan fingerprint density at radius 1 is 1.24 bits per heavy atom. The lowest BCUT2D eigenvalue weighted by molar-refractivity contribution is -0.128. The topological polar surface area (TPSA) is 80.2 Å². The summed E-state index contributed by atoms with van der Waals surface area (Å²) in [5.41, 5.74) is 2.13. The highest BCUT2D eigenvalue weighted by Gasteiger charge is 2.34. The molecule has 0 radical (unpaired) electrons. The molecule has 2 amide bonds. The van der Waals surface area contributed by atoms with E-state index in [0.717, 1.165) is 5.56 Å². The number of carbonyl (C=O) groups excluding carboxylic acids is 2. The summed E-state index contributed by atoms with van der Waals surface area (Å²) in [6, 6.07) is 10.6. The summed E-state index contributed by atoms with van der Waals surface area (Å²) < 4.78 is 10.7. The number of hydrogen-bond acceptors (Lipinski definition) is 6. The monoisotopic (exact) mass is 431 g/mol. The molecule has 2 heterocycles. The lowest BCUT2D eigenvalue weighted by Gasteiger charge is -2.28. The quantitative estimate of drug-likeness (QED) is 0.795. The van der Waals surface area contributed by atoms with Crippen LogP contribution in [0.2, 0.25) is 5.02 Å². The van der Waals surface area contributed by atoms with Gasteiger partial charge in [0.15, 0.2) is 16.7 Å². The molecule has 1 saturated heterocycles. The molecule has 7 nitrogen and oxygen atoms in total. The van der Waals surface area contributed by atoms with E-state index in [1.165, 1.54) is 16.7 Å². The first-order valence-corrected chi connectivity index (χ1v) is 10.1. The number of aliphatic imine (C=N–C) groups is 1. The molecule has 1 atom stereocenters. The van der Waals surface area contributed by atoms with Gasteiger partial charge in [0.25, 0.3) is 0 Å². The van der Waals surface area contributed by atoms with Gasteiger partial charge in [0.1, 0.15) is 5.25 Å². The Kier molecular flexibility index (Phi) is 5.38. The molecule has 1 fully saturated rings. The van der Waals surface area contributed by atoms with E-state index in [1.807, 2.05) is 13.0 Å². The van der Waals surface area contributed by atoms with Gasteiger partial charge in [-0.15, -0.1) is 0 Å². The highest BCUT2D eigenvalue weighted by Crippen LogP contribution is 2.36. The molecule has 0 bridgehead atoms. The lowest BCUT2D eigenvalue weighted by Crippen LogP contribution is -2.43. The number of fused-ring (bicyclic) bond motifs is 1. The van der Waals surface area contributed by atoms with Crippen LogP contribution in [-0.2, 0) is 9.59 Å². The molecule has 2 aromatic rings. The molecule has 2 aliphatic heterocycles. The summed E-state index contributed by atoms with van der Waals surface area (Å²) in [5, 5.41) is 3.25. The van der Waals surface area contributed by atoms with Gasteiger partial charge in [0.2, 0.25) is 18.6 Å². The summed E-state index contributed by atoms with van der Waals surface area (Å²) in [7, 11) is 1.65. The van der Waals surface area contributed by atoms with Crippen molar-refractivity contribution in [1.29, 1.82) is 0 Å². The van der Waals surface area contributed by atoms with Crippen molar-refractivity contribution in [2.45, 2.75) is 18.6 Å². The number of amidine groups is 1. The number of nitrogens with zero attached hydrogens (tertiary/aromatic N) is 2. The van der Waals surface area contributed by atoms with Gasteiger partial charge in [-0.2, -0.15) is 0 Å². The number of nitrogens with one attached hydrogen (secondary N) is 1. The van der Waals surface area contributed by atoms with Gasteiger partial charge in [-0.1, -0.05) is 29.4 Å². The highest BCUT2D eigenvalue weighted by molar-refractivity contribution is 8.15. The first-order chi connectivity index (χ1) is 13.9. The van der Waals surface area contributed by atoms with Gasteiger partial charge in [-0.25, -0.2) is 4.99 Å².